The first-order valence-corrected chi connectivity index (χ1v) is 9.97. The molecular formula is C21H28ClNO3. The van der Waals surface area contributed by atoms with Crippen LogP contribution in [0.15, 0.2) is 29.3 Å². The monoisotopic (exact) mass is 377 g/mol. The van der Waals surface area contributed by atoms with Crippen LogP contribution in [0.25, 0.3) is 5.57 Å². The van der Waals surface area contributed by atoms with Crippen LogP contribution >= 0.6 is 11.6 Å². The second-order valence-electron chi connectivity index (χ2n) is 6.59. The lowest BCUT2D eigenvalue weighted by Crippen LogP contribution is -2.32. The van der Waals surface area contributed by atoms with Crippen molar-refractivity contribution in [1.82, 2.24) is 4.90 Å². The summed E-state index contributed by atoms with van der Waals surface area (Å²) in [5.41, 5.74) is 0.951. The van der Waals surface area contributed by atoms with Gasteiger partial charge in [0.2, 0.25) is 0 Å². The molecule has 142 valence electrons. The minimum atomic E-state index is -0.383. The van der Waals surface area contributed by atoms with Crippen molar-refractivity contribution in [2.75, 3.05) is 13.2 Å². The Kier molecular flexibility index (Phi) is 8.17. The summed E-state index contributed by atoms with van der Waals surface area (Å²) in [5, 5.41) is 0.0169. The third kappa shape index (κ3) is 5.10. The Morgan fingerprint density at radius 3 is 2.19 bits per heavy atom. The number of ether oxygens (including phenoxy) is 1. The number of hydrogen-bond donors (Lipinski definition) is 0. The lowest BCUT2D eigenvalue weighted by molar-refractivity contribution is -0.136. The number of carbonyl (C=O) groups excluding carboxylic acids is 2. The molecule has 1 aliphatic heterocycles. The van der Waals surface area contributed by atoms with E-state index in [0.29, 0.717) is 24.3 Å². The quantitative estimate of drug-likeness (QED) is 0.395. The van der Waals surface area contributed by atoms with E-state index in [0.717, 1.165) is 31.4 Å². The zero-order valence-corrected chi connectivity index (χ0v) is 16.5. The molecular weight excluding hydrogens is 350 g/mol. The zero-order valence-electron chi connectivity index (χ0n) is 15.7. The smallest absolute Gasteiger partial charge is 0.273 e. The van der Waals surface area contributed by atoms with Crippen LogP contribution in [0, 0.1) is 0 Å². The predicted octanol–water partition coefficient (Wildman–Crippen LogP) is 5.15. The van der Waals surface area contributed by atoms with Crippen molar-refractivity contribution in [2.45, 2.75) is 58.8 Å². The molecule has 0 unspecified atom stereocenters. The van der Waals surface area contributed by atoms with E-state index in [4.69, 9.17) is 16.3 Å². The third-order valence-corrected chi connectivity index (χ3v) is 4.81. The van der Waals surface area contributed by atoms with Crippen molar-refractivity contribution in [2.24, 2.45) is 0 Å². The number of nitrogens with zero attached hydrogens (tertiary/aromatic N) is 1. The van der Waals surface area contributed by atoms with Gasteiger partial charge in [-0.25, -0.2) is 0 Å². The number of rotatable bonds is 11. The van der Waals surface area contributed by atoms with Crippen LogP contribution in [0.1, 0.15) is 64.4 Å². The number of carbonyl (C=O) groups is 2. The standard InChI is InChI=1S/C21H28ClNO3/c1-3-5-6-7-8-9-14-23-20(24)18(19(22)21(23)25)16-10-12-17(13-11-16)26-15-4-2/h10-13H,3-9,14-15H2,1-2H3. The van der Waals surface area contributed by atoms with E-state index in [-0.39, 0.29) is 16.8 Å². The molecule has 1 heterocycles. The summed E-state index contributed by atoms with van der Waals surface area (Å²) in [6.45, 7) is 5.30. The molecule has 4 nitrogen and oxygen atoms in total. The summed E-state index contributed by atoms with van der Waals surface area (Å²) in [6, 6.07) is 7.16. The Hall–Kier alpha value is -1.81. The highest BCUT2D eigenvalue weighted by Gasteiger charge is 2.37. The van der Waals surface area contributed by atoms with Gasteiger partial charge in [-0.05, 0) is 30.5 Å². The molecule has 26 heavy (non-hydrogen) atoms. The average Bonchev–Trinajstić information content (AvgIpc) is 2.86. The first-order chi connectivity index (χ1) is 12.6. The van der Waals surface area contributed by atoms with Crippen molar-refractivity contribution in [3.63, 3.8) is 0 Å². The minimum absolute atomic E-state index is 0.0169. The van der Waals surface area contributed by atoms with Gasteiger partial charge < -0.3 is 4.74 Å². The van der Waals surface area contributed by atoms with Crippen molar-refractivity contribution >= 4 is 29.0 Å². The van der Waals surface area contributed by atoms with Crippen LogP contribution in [0.2, 0.25) is 0 Å². The average molecular weight is 378 g/mol. The van der Waals surface area contributed by atoms with Gasteiger partial charge in [-0.15, -0.1) is 0 Å². The fourth-order valence-corrected chi connectivity index (χ4v) is 3.28. The highest BCUT2D eigenvalue weighted by molar-refractivity contribution is 6.55. The molecule has 0 spiro atoms. The minimum Gasteiger partial charge on any atom is -0.494 e. The second kappa shape index (κ2) is 10.4. The van der Waals surface area contributed by atoms with Crippen molar-refractivity contribution in [1.29, 1.82) is 0 Å². The topological polar surface area (TPSA) is 46.6 Å². The SMILES string of the molecule is CCCCCCCCN1C(=O)C(Cl)=C(c2ccc(OCCC)cc2)C1=O. The number of hydrogen-bond acceptors (Lipinski definition) is 3. The second-order valence-corrected chi connectivity index (χ2v) is 6.97. The van der Waals surface area contributed by atoms with Gasteiger partial charge in [0.1, 0.15) is 10.8 Å². The van der Waals surface area contributed by atoms with Crippen LogP contribution in [-0.4, -0.2) is 29.9 Å². The molecule has 0 N–H and O–H groups in total. The number of imide groups is 1. The van der Waals surface area contributed by atoms with Gasteiger partial charge in [0.25, 0.3) is 11.8 Å². The van der Waals surface area contributed by atoms with Gasteiger partial charge in [0.15, 0.2) is 0 Å². The molecule has 0 fully saturated rings. The number of benzene rings is 1. The molecule has 0 radical (unpaired) electrons. The molecule has 2 amide bonds. The molecule has 0 saturated carbocycles. The number of halogens is 1. The van der Waals surface area contributed by atoms with Gasteiger partial charge >= 0.3 is 0 Å². The predicted molar refractivity (Wildman–Crippen MR) is 105 cm³/mol. The Morgan fingerprint density at radius 1 is 0.885 bits per heavy atom. The normalized spacial score (nSPS) is 14.5. The molecule has 1 aromatic rings. The third-order valence-electron chi connectivity index (χ3n) is 4.46. The van der Waals surface area contributed by atoms with E-state index in [9.17, 15) is 9.59 Å². The van der Waals surface area contributed by atoms with Crippen LogP contribution < -0.4 is 4.74 Å². The summed E-state index contributed by atoms with van der Waals surface area (Å²) in [4.78, 5) is 26.3. The zero-order chi connectivity index (χ0) is 18.9. The lowest BCUT2D eigenvalue weighted by Gasteiger charge is -2.14. The van der Waals surface area contributed by atoms with E-state index >= 15 is 0 Å². The van der Waals surface area contributed by atoms with Crippen molar-refractivity contribution in [3.05, 3.63) is 34.9 Å². The molecule has 0 atom stereocenters. The van der Waals surface area contributed by atoms with E-state index in [1.54, 1.807) is 24.3 Å². The highest BCUT2D eigenvalue weighted by Crippen LogP contribution is 2.32. The molecule has 5 heteroatoms. The molecule has 1 aromatic carbocycles. The fraction of sp³-hybridized carbons (Fsp3) is 0.524. The largest absolute Gasteiger partial charge is 0.494 e. The molecule has 2 rings (SSSR count). The maximum absolute atomic E-state index is 12.7. The summed E-state index contributed by atoms with van der Waals surface area (Å²) >= 11 is 6.19. The van der Waals surface area contributed by atoms with Gasteiger partial charge in [-0.3, -0.25) is 14.5 Å². The number of amides is 2. The highest BCUT2D eigenvalue weighted by atomic mass is 35.5. The Morgan fingerprint density at radius 2 is 1.54 bits per heavy atom. The first kappa shape index (κ1) is 20.5. The Labute approximate surface area is 161 Å². The summed E-state index contributed by atoms with van der Waals surface area (Å²) in [5.74, 6) is 0.0651. The van der Waals surface area contributed by atoms with E-state index < -0.39 is 0 Å². The first-order valence-electron chi connectivity index (χ1n) is 9.59. The van der Waals surface area contributed by atoms with E-state index in [1.807, 2.05) is 6.92 Å². The van der Waals surface area contributed by atoms with E-state index in [2.05, 4.69) is 6.92 Å². The van der Waals surface area contributed by atoms with Gasteiger partial charge in [0, 0.05) is 6.54 Å². The maximum Gasteiger partial charge on any atom is 0.273 e. The molecule has 0 aromatic heterocycles. The van der Waals surface area contributed by atoms with E-state index in [1.165, 1.54) is 24.2 Å². The van der Waals surface area contributed by atoms with Gasteiger partial charge in [-0.2, -0.15) is 0 Å². The summed E-state index contributed by atoms with van der Waals surface area (Å²) in [6.07, 6.45) is 7.55. The summed E-state index contributed by atoms with van der Waals surface area (Å²) in [7, 11) is 0. The molecule has 1 aliphatic rings. The van der Waals surface area contributed by atoms with Crippen LogP contribution in [0.3, 0.4) is 0 Å². The Bertz CT molecular complexity index is 652. The van der Waals surface area contributed by atoms with Crippen molar-refractivity contribution in [3.8, 4) is 5.75 Å². The molecule has 0 saturated heterocycles. The molecule has 0 aliphatic carbocycles. The number of unbranched alkanes of at least 4 members (excludes halogenated alkanes) is 5. The fourth-order valence-electron chi connectivity index (χ4n) is 2.99. The van der Waals surface area contributed by atoms with Crippen LogP contribution in [0.4, 0.5) is 0 Å². The molecule has 0 bridgehead atoms. The van der Waals surface area contributed by atoms with Crippen LogP contribution in [-0.2, 0) is 9.59 Å². The Balaban J connectivity index is 1.97. The van der Waals surface area contributed by atoms with Crippen LogP contribution in [0.5, 0.6) is 5.75 Å². The maximum atomic E-state index is 12.7. The van der Waals surface area contributed by atoms with Gasteiger partial charge in [0.05, 0.1) is 12.2 Å². The lowest BCUT2D eigenvalue weighted by atomic mass is 10.1. The van der Waals surface area contributed by atoms with Crippen molar-refractivity contribution < 1.29 is 14.3 Å². The summed E-state index contributed by atoms with van der Waals surface area (Å²) < 4.78 is 5.55. The van der Waals surface area contributed by atoms with Gasteiger partial charge in [-0.1, -0.05) is 69.7 Å².